The largest absolute Gasteiger partial charge is 0.464 e. The van der Waals surface area contributed by atoms with Crippen LogP contribution in [0.3, 0.4) is 0 Å². The first-order valence-electron chi connectivity index (χ1n) is 4.85. The molecule has 1 N–H and O–H groups in total. The Morgan fingerprint density at radius 3 is 2.94 bits per heavy atom. The highest BCUT2D eigenvalue weighted by Crippen LogP contribution is 2.27. The van der Waals surface area contributed by atoms with Gasteiger partial charge in [0.2, 0.25) is 5.91 Å². The predicted octanol–water partition coefficient (Wildman–Crippen LogP) is 1.79. The van der Waals surface area contributed by atoms with Crippen LogP contribution in [0, 0.1) is 11.3 Å². The lowest BCUT2D eigenvalue weighted by Crippen LogP contribution is -2.24. The molecule has 80 valence electrons. The summed E-state index contributed by atoms with van der Waals surface area (Å²) in [6.45, 7) is 0. The van der Waals surface area contributed by atoms with E-state index in [1.165, 1.54) is 13.3 Å². The zero-order valence-electron chi connectivity index (χ0n) is 8.73. The number of fused-ring (bicyclic) bond motifs is 1. The van der Waals surface area contributed by atoms with Crippen molar-refractivity contribution in [1.29, 1.82) is 5.26 Å². The van der Waals surface area contributed by atoms with Crippen molar-refractivity contribution in [3.05, 3.63) is 36.1 Å². The number of nitrogens with zero attached hydrogens (tertiary/aromatic N) is 1. The summed E-state index contributed by atoms with van der Waals surface area (Å²) in [7, 11) is 1.51. The number of benzene rings is 1. The fourth-order valence-corrected chi connectivity index (χ4v) is 1.64. The van der Waals surface area contributed by atoms with Crippen LogP contribution in [0.4, 0.5) is 0 Å². The Labute approximate surface area is 92.5 Å². The lowest BCUT2D eigenvalue weighted by Gasteiger charge is -2.04. The maximum absolute atomic E-state index is 11.5. The van der Waals surface area contributed by atoms with Gasteiger partial charge in [0.1, 0.15) is 5.58 Å². The van der Waals surface area contributed by atoms with Crippen LogP contribution in [0.1, 0.15) is 11.5 Å². The molecule has 0 fully saturated rings. The molecule has 1 unspecified atom stereocenters. The van der Waals surface area contributed by atoms with Gasteiger partial charge in [0, 0.05) is 18.0 Å². The lowest BCUT2D eigenvalue weighted by atomic mass is 9.99. The fourth-order valence-electron chi connectivity index (χ4n) is 1.64. The van der Waals surface area contributed by atoms with E-state index in [1.807, 2.05) is 24.3 Å². The van der Waals surface area contributed by atoms with Crippen LogP contribution in [0.5, 0.6) is 0 Å². The van der Waals surface area contributed by atoms with Gasteiger partial charge in [-0.05, 0) is 6.07 Å². The Kier molecular flexibility index (Phi) is 2.61. The summed E-state index contributed by atoms with van der Waals surface area (Å²) in [5.74, 6) is -1.15. The van der Waals surface area contributed by atoms with Gasteiger partial charge in [0.05, 0.1) is 12.3 Å². The van der Waals surface area contributed by atoms with Gasteiger partial charge < -0.3 is 9.73 Å². The molecular weight excluding hydrogens is 204 g/mol. The van der Waals surface area contributed by atoms with Crippen molar-refractivity contribution in [2.75, 3.05) is 7.05 Å². The summed E-state index contributed by atoms with van der Waals surface area (Å²) < 4.78 is 5.30. The highest BCUT2D eigenvalue weighted by atomic mass is 16.3. The Hall–Kier alpha value is -2.28. The van der Waals surface area contributed by atoms with Gasteiger partial charge in [-0.1, -0.05) is 18.2 Å². The van der Waals surface area contributed by atoms with Crippen LogP contribution in [0.25, 0.3) is 11.0 Å². The summed E-state index contributed by atoms with van der Waals surface area (Å²) in [5.41, 5.74) is 1.29. The van der Waals surface area contributed by atoms with E-state index >= 15 is 0 Å². The molecule has 0 aliphatic carbocycles. The molecule has 2 rings (SSSR count). The van der Waals surface area contributed by atoms with Gasteiger partial charge in [-0.25, -0.2) is 0 Å². The lowest BCUT2D eigenvalue weighted by molar-refractivity contribution is -0.120. The number of amides is 1. The summed E-state index contributed by atoms with van der Waals surface area (Å²) in [5, 5.41) is 12.3. The second-order valence-electron chi connectivity index (χ2n) is 3.36. The minimum atomic E-state index is -0.825. The number of nitrogens with one attached hydrogen (secondary N) is 1. The number of nitriles is 1. The Balaban J connectivity index is 2.54. The average molecular weight is 214 g/mol. The van der Waals surface area contributed by atoms with E-state index in [0.717, 1.165) is 5.39 Å². The smallest absolute Gasteiger partial charge is 0.241 e. The van der Waals surface area contributed by atoms with Crippen LogP contribution in [0.15, 0.2) is 34.9 Å². The molecule has 0 aliphatic heterocycles. The zero-order chi connectivity index (χ0) is 11.5. The molecule has 0 aliphatic rings. The molecule has 0 radical (unpaired) electrons. The van der Waals surface area contributed by atoms with E-state index in [0.29, 0.717) is 11.1 Å². The van der Waals surface area contributed by atoms with Crippen molar-refractivity contribution in [2.24, 2.45) is 0 Å². The fraction of sp³-hybridized carbons (Fsp3) is 0.167. The summed E-state index contributed by atoms with van der Waals surface area (Å²) in [6.07, 6.45) is 1.47. The standard InChI is InChI=1S/C12H10N2O2/c1-14-12(15)9(6-13)10-7-16-11-5-3-2-4-8(10)11/h2-5,7,9H,1H3,(H,14,15). The third-order valence-electron chi connectivity index (χ3n) is 2.46. The number of carbonyl (C=O) groups excluding carboxylic acids is 1. The SMILES string of the molecule is CNC(=O)C(C#N)c1coc2ccccc12. The van der Waals surface area contributed by atoms with Crippen molar-refractivity contribution in [3.63, 3.8) is 0 Å². The number of hydrogen-bond acceptors (Lipinski definition) is 3. The van der Waals surface area contributed by atoms with E-state index in [4.69, 9.17) is 9.68 Å². The minimum absolute atomic E-state index is 0.325. The first kappa shape index (κ1) is 10.2. The van der Waals surface area contributed by atoms with Gasteiger partial charge in [-0.2, -0.15) is 5.26 Å². The number of para-hydroxylation sites is 1. The van der Waals surface area contributed by atoms with Gasteiger partial charge in [0.25, 0.3) is 0 Å². The molecule has 4 heteroatoms. The van der Waals surface area contributed by atoms with Crippen molar-refractivity contribution in [3.8, 4) is 6.07 Å². The van der Waals surface area contributed by atoms with Gasteiger partial charge >= 0.3 is 0 Å². The van der Waals surface area contributed by atoms with Crippen LogP contribution < -0.4 is 5.32 Å². The molecule has 0 spiro atoms. The Morgan fingerprint density at radius 2 is 2.25 bits per heavy atom. The van der Waals surface area contributed by atoms with Crippen molar-refractivity contribution in [2.45, 2.75) is 5.92 Å². The van der Waals surface area contributed by atoms with Crippen molar-refractivity contribution < 1.29 is 9.21 Å². The molecule has 0 bridgehead atoms. The van der Waals surface area contributed by atoms with Crippen LogP contribution in [-0.4, -0.2) is 13.0 Å². The monoisotopic (exact) mass is 214 g/mol. The highest BCUT2D eigenvalue weighted by molar-refractivity contribution is 5.92. The van der Waals surface area contributed by atoms with Crippen LogP contribution >= 0.6 is 0 Å². The number of furan rings is 1. The average Bonchev–Trinajstić information content (AvgIpc) is 2.74. The summed E-state index contributed by atoms with van der Waals surface area (Å²) in [6, 6.07) is 9.30. The van der Waals surface area contributed by atoms with E-state index in [9.17, 15) is 4.79 Å². The molecule has 0 saturated carbocycles. The normalized spacial score (nSPS) is 12.0. The summed E-state index contributed by atoms with van der Waals surface area (Å²) >= 11 is 0. The number of likely N-dealkylation sites (N-methyl/N-ethyl adjacent to an activating group) is 1. The second kappa shape index (κ2) is 4.07. The molecule has 2 aromatic rings. The number of rotatable bonds is 2. The quantitative estimate of drug-likeness (QED) is 0.828. The topological polar surface area (TPSA) is 66.0 Å². The van der Waals surface area contributed by atoms with Gasteiger partial charge in [-0.3, -0.25) is 4.79 Å². The van der Waals surface area contributed by atoms with Crippen LogP contribution in [-0.2, 0) is 4.79 Å². The van der Waals surface area contributed by atoms with E-state index < -0.39 is 5.92 Å². The second-order valence-corrected chi connectivity index (χ2v) is 3.36. The molecule has 1 aromatic heterocycles. The Bertz CT molecular complexity index is 566. The highest BCUT2D eigenvalue weighted by Gasteiger charge is 2.22. The molecule has 1 aromatic carbocycles. The third-order valence-corrected chi connectivity index (χ3v) is 2.46. The van der Waals surface area contributed by atoms with Gasteiger partial charge in [0.15, 0.2) is 5.92 Å². The molecule has 1 heterocycles. The van der Waals surface area contributed by atoms with E-state index in [-0.39, 0.29) is 5.91 Å². The Morgan fingerprint density at radius 1 is 1.50 bits per heavy atom. The third kappa shape index (κ3) is 1.52. The molecule has 1 atom stereocenters. The first-order chi connectivity index (χ1) is 7.77. The first-order valence-corrected chi connectivity index (χ1v) is 4.85. The summed E-state index contributed by atoms with van der Waals surface area (Å²) in [4.78, 5) is 11.5. The molecule has 1 amide bonds. The van der Waals surface area contributed by atoms with Gasteiger partial charge in [-0.15, -0.1) is 0 Å². The van der Waals surface area contributed by atoms with Crippen molar-refractivity contribution in [1.82, 2.24) is 5.32 Å². The number of carbonyl (C=O) groups is 1. The maximum atomic E-state index is 11.5. The number of hydrogen-bond donors (Lipinski definition) is 1. The van der Waals surface area contributed by atoms with E-state index in [1.54, 1.807) is 6.07 Å². The molecule has 0 saturated heterocycles. The van der Waals surface area contributed by atoms with E-state index in [2.05, 4.69) is 5.32 Å². The predicted molar refractivity (Wildman–Crippen MR) is 58.6 cm³/mol. The van der Waals surface area contributed by atoms with Crippen molar-refractivity contribution >= 4 is 16.9 Å². The maximum Gasteiger partial charge on any atom is 0.241 e. The minimum Gasteiger partial charge on any atom is -0.464 e. The molecular formula is C12H10N2O2. The zero-order valence-corrected chi connectivity index (χ0v) is 8.73. The molecule has 4 nitrogen and oxygen atoms in total. The van der Waals surface area contributed by atoms with Crippen LogP contribution in [0.2, 0.25) is 0 Å². The molecule has 16 heavy (non-hydrogen) atoms.